The van der Waals surface area contributed by atoms with Gasteiger partial charge in [-0.15, -0.1) is 0 Å². The number of carbonyl (C=O) groups is 4. The number of nitrogens with zero attached hydrogens (tertiary/aromatic N) is 1. The first-order chi connectivity index (χ1) is 13.3. The highest BCUT2D eigenvalue weighted by Gasteiger charge is 2.25. The average molecular weight is 417 g/mol. The molecule has 0 spiro atoms. The van der Waals surface area contributed by atoms with Gasteiger partial charge in [0.25, 0.3) is 0 Å². The quantitative estimate of drug-likeness (QED) is 0.344. The normalized spacial score (nSPS) is 13.3. The van der Waals surface area contributed by atoms with Gasteiger partial charge in [-0.25, -0.2) is 9.59 Å². The molecule has 0 aromatic rings. The number of alkyl carbamates (subject to hydrolysis) is 1. The lowest BCUT2D eigenvalue weighted by molar-refractivity contribution is -0.142. The summed E-state index contributed by atoms with van der Waals surface area (Å²) in [5.41, 5.74) is -0.722. The molecule has 0 rings (SSSR count). The van der Waals surface area contributed by atoms with Crippen LogP contribution in [-0.4, -0.2) is 78.8 Å². The van der Waals surface area contributed by atoms with Gasteiger partial charge in [-0.2, -0.15) is 0 Å². The molecule has 0 aliphatic rings. The molecule has 4 N–H and O–H groups in total. The molecular weight excluding hydrogens is 380 g/mol. The van der Waals surface area contributed by atoms with Crippen LogP contribution in [0.5, 0.6) is 0 Å². The first-order valence-electron chi connectivity index (χ1n) is 9.76. The van der Waals surface area contributed by atoms with E-state index in [1.54, 1.807) is 20.8 Å². The van der Waals surface area contributed by atoms with Crippen molar-refractivity contribution < 1.29 is 29.0 Å². The topological polar surface area (TPSA) is 137 Å². The standard InChI is InChI=1S/C19H36N4O6/c1-13(21-18(28)29-19(2,3)4)16(25)22-14(17(26)27)12-20-15(24)10-8-7-9-11-23(5)6/h13-14H,7-12H2,1-6H3,(H,20,24)(H,21,28)(H,22,25)(H,26,27)/t13-,14+/m0/s1. The largest absolute Gasteiger partial charge is 0.480 e. The number of unbranched alkanes of at least 4 members (excludes halogenated alkanes) is 2. The molecule has 0 saturated carbocycles. The Morgan fingerprint density at radius 1 is 1.03 bits per heavy atom. The summed E-state index contributed by atoms with van der Waals surface area (Å²) in [4.78, 5) is 49.1. The summed E-state index contributed by atoms with van der Waals surface area (Å²) in [6.45, 7) is 7.17. The van der Waals surface area contributed by atoms with Crippen LogP contribution in [-0.2, 0) is 19.1 Å². The van der Waals surface area contributed by atoms with Gasteiger partial charge in [-0.1, -0.05) is 6.42 Å². The highest BCUT2D eigenvalue weighted by molar-refractivity contribution is 5.89. The second kappa shape index (κ2) is 13.0. The van der Waals surface area contributed by atoms with Crippen LogP contribution in [0, 0.1) is 0 Å². The zero-order chi connectivity index (χ0) is 22.6. The van der Waals surface area contributed by atoms with Crippen molar-refractivity contribution in [2.75, 3.05) is 27.2 Å². The minimum absolute atomic E-state index is 0.239. The third-order valence-corrected chi connectivity index (χ3v) is 3.75. The average Bonchev–Trinajstić information content (AvgIpc) is 2.55. The summed E-state index contributed by atoms with van der Waals surface area (Å²) in [6.07, 6.45) is 2.11. The Hall–Kier alpha value is -2.36. The number of hydrogen-bond acceptors (Lipinski definition) is 6. The van der Waals surface area contributed by atoms with E-state index in [1.807, 2.05) is 14.1 Å². The number of carboxylic acid groups (broad SMARTS) is 1. The van der Waals surface area contributed by atoms with Crippen LogP contribution in [0.2, 0.25) is 0 Å². The second-order valence-corrected chi connectivity index (χ2v) is 8.19. The molecule has 10 heteroatoms. The van der Waals surface area contributed by atoms with Gasteiger partial charge in [0.15, 0.2) is 0 Å². The summed E-state index contributed by atoms with van der Waals surface area (Å²) in [6, 6.07) is -2.30. The van der Waals surface area contributed by atoms with E-state index >= 15 is 0 Å². The second-order valence-electron chi connectivity index (χ2n) is 8.19. The predicted molar refractivity (Wildman–Crippen MR) is 108 cm³/mol. The van der Waals surface area contributed by atoms with E-state index in [4.69, 9.17) is 4.74 Å². The van der Waals surface area contributed by atoms with Gasteiger partial charge in [0.1, 0.15) is 17.7 Å². The van der Waals surface area contributed by atoms with Crippen molar-refractivity contribution in [3.63, 3.8) is 0 Å². The van der Waals surface area contributed by atoms with Crippen molar-refractivity contribution in [1.82, 2.24) is 20.9 Å². The molecule has 3 amide bonds. The lowest BCUT2D eigenvalue weighted by atomic mass is 10.1. The van der Waals surface area contributed by atoms with Gasteiger partial charge < -0.3 is 30.7 Å². The van der Waals surface area contributed by atoms with Gasteiger partial charge >= 0.3 is 12.1 Å². The molecule has 0 fully saturated rings. The van der Waals surface area contributed by atoms with Crippen LogP contribution in [0.1, 0.15) is 53.4 Å². The van der Waals surface area contributed by atoms with E-state index in [1.165, 1.54) is 6.92 Å². The fourth-order valence-electron chi connectivity index (χ4n) is 2.24. The van der Waals surface area contributed by atoms with E-state index < -0.39 is 35.7 Å². The molecule has 0 heterocycles. The van der Waals surface area contributed by atoms with Crippen LogP contribution in [0.3, 0.4) is 0 Å². The highest BCUT2D eigenvalue weighted by atomic mass is 16.6. The molecule has 0 bridgehead atoms. The highest BCUT2D eigenvalue weighted by Crippen LogP contribution is 2.06. The maximum Gasteiger partial charge on any atom is 0.408 e. The molecule has 168 valence electrons. The van der Waals surface area contributed by atoms with Gasteiger partial charge in [-0.3, -0.25) is 9.59 Å². The number of rotatable bonds is 12. The van der Waals surface area contributed by atoms with Crippen molar-refractivity contribution in [1.29, 1.82) is 0 Å². The molecule has 29 heavy (non-hydrogen) atoms. The Morgan fingerprint density at radius 3 is 2.17 bits per heavy atom. The number of carbonyl (C=O) groups excluding carboxylic acids is 3. The minimum Gasteiger partial charge on any atom is -0.480 e. The van der Waals surface area contributed by atoms with Crippen molar-refractivity contribution in [3.8, 4) is 0 Å². The number of amides is 3. The lowest BCUT2D eigenvalue weighted by Gasteiger charge is -2.22. The molecule has 2 atom stereocenters. The Bertz CT molecular complexity index is 559. The number of carboxylic acids is 1. The van der Waals surface area contributed by atoms with Crippen molar-refractivity contribution in [2.24, 2.45) is 0 Å². The Morgan fingerprint density at radius 2 is 1.66 bits per heavy atom. The fraction of sp³-hybridized carbons (Fsp3) is 0.789. The van der Waals surface area contributed by atoms with E-state index in [9.17, 15) is 24.3 Å². The van der Waals surface area contributed by atoms with Crippen LogP contribution in [0.15, 0.2) is 0 Å². The molecule has 0 radical (unpaired) electrons. The van der Waals surface area contributed by atoms with Gasteiger partial charge in [0.2, 0.25) is 11.8 Å². The lowest BCUT2D eigenvalue weighted by Crippen LogP contribution is -2.54. The number of aliphatic carboxylic acids is 1. The summed E-state index contributed by atoms with van der Waals surface area (Å²) < 4.78 is 5.05. The summed E-state index contributed by atoms with van der Waals surface area (Å²) in [5, 5.41) is 16.4. The molecule has 0 aromatic carbocycles. The van der Waals surface area contributed by atoms with Crippen molar-refractivity contribution in [3.05, 3.63) is 0 Å². The monoisotopic (exact) mass is 416 g/mol. The molecule has 0 aromatic heterocycles. The molecule has 0 aliphatic heterocycles. The maximum absolute atomic E-state index is 12.1. The fourth-order valence-corrected chi connectivity index (χ4v) is 2.24. The molecule has 0 aliphatic carbocycles. The molecule has 10 nitrogen and oxygen atoms in total. The first kappa shape index (κ1) is 26.6. The van der Waals surface area contributed by atoms with Gasteiger partial charge in [0, 0.05) is 13.0 Å². The smallest absolute Gasteiger partial charge is 0.408 e. The SMILES string of the molecule is C[C@H](NC(=O)OC(C)(C)C)C(=O)N[C@H](CNC(=O)CCCCCN(C)C)C(=O)O. The zero-order valence-corrected chi connectivity index (χ0v) is 18.3. The Labute approximate surface area is 172 Å². The number of hydrogen-bond donors (Lipinski definition) is 4. The maximum atomic E-state index is 12.1. The van der Waals surface area contributed by atoms with Crippen LogP contribution in [0.25, 0.3) is 0 Å². The predicted octanol–water partition coefficient (Wildman–Crippen LogP) is 0.707. The minimum atomic E-state index is -1.30. The Kier molecular flexibility index (Phi) is 11.9. The van der Waals surface area contributed by atoms with Crippen LogP contribution in [0.4, 0.5) is 4.79 Å². The van der Waals surface area contributed by atoms with E-state index in [2.05, 4.69) is 20.9 Å². The van der Waals surface area contributed by atoms with Crippen LogP contribution >= 0.6 is 0 Å². The number of nitrogens with one attached hydrogen (secondary N) is 3. The summed E-state index contributed by atoms with van der Waals surface area (Å²) in [5.74, 6) is -2.24. The molecule has 0 unspecified atom stereocenters. The van der Waals surface area contributed by atoms with Gasteiger partial charge in [-0.05, 0) is 61.2 Å². The van der Waals surface area contributed by atoms with Crippen molar-refractivity contribution >= 4 is 23.9 Å². The molecule has 0 saturated heterocycles. The van der Waals surface area contributed by atoms with E-state index in [0.717, 1.165) is 19.4 Å². The summed E-state index contributed by atoms with van der Waals surface area (Å²) in [7, 11) is 3.97. The summed E-state index contributed by atoms with van der Waals surface area (Å²) >= 11 is 0. The zero-order valence-electron chi connectivity index (χ0n) is 18.3. The molecular formula is C19H36N4O6. The van der Waals surface area contributed by atoms with Gasteiger partial charge in [0.05, 0.1) is 0 Å². The van der Waals surface area contributed by atoms with E-state index in [0.29, 0.717) is 12.8 Å². The van der Waals surface area contributed by atoms with Crippen LogP contribution < -0.4 is 16.0 Å². The number of ether oxygens (including phenoxy) is 1. The Balaban J connectivity index is 4.36. The third kappa shape index (κ3) is 14.3. The van der Waals surface area contributed by atoms with Crippen molar-refractivity contribution in [2.45, 2.75) is 71.1 Å². The first-order valence-corrected chi connectivity index (χ1v) is 9.76. The third-order valence-electron chi connectivity index (χ3n) is 3.75. The van der Waals surface area contributed by atoms with E-state index in [-0.39, 0.29) is 12.5 Å².